The van der Waals surface area contributed by atoms with Gasteiger partial charge in [-0.05, 0) is 50.2 Å². The van der Waals surface area contributed by atoms with Crippen LogP contribution in [0, 0.1) is 5.92 Å². The average molecular weight is 362 g/mol. The Morgan fingerprint density at radius 3 is 2.40 bits per heavy atom. The fourth-order valence-corrected chi connectivity index (χ4v) is 3.79. The summed E-state index contributed by atoms with van der Waals surface area (Å²) in [5, 5.41) is 6.39. The fourth-order valence-electron chi connectivity index (χ4n) is 3.68. The van der Waals surface area contributed by atoms with E-state index in [2.05, 4.69) is 23.3 Å². The van der Waals surface area contributed by atoms with Gasteiger partial charge in [0.25, 0.3) is 0 Å². The molecule has 0 spiro atoms. The van der Waals surface area contributed by atoms with Crippen molar-refractivity contribution in [1.29, 1.82) is 0 Å². The van der Waals surface area contributed by atoms with E-state index in [1.807, 2.05) is 35.2 Å². The Balaban J connectivity index is 1.53. The van der Waals surface area contributed by atoms with Crippen LogP contribution in [-0.2, 0) is 9.59 Å². The van der Waals surface area contributed by atoms with Crippen LogP contribution in [0.4, 0.5) is 5.69 Å². The zero-order valence-electron chi connectivity index (χ0n) is 14.5. The van der Waals surface area contributed by atoms with E-state index in [0.717, 1.165) is 50.9 Å². The van der Waals surface area contributed by atoms with Gasteiger partial charge in [0, 0.05) is 25.3 Å². The van der Waals surface area contributed by atoms with Gasteiger partial charge in [0.1, 0.15) is 5.54 Å². The number of carbonyl (C=O) groups excluding carboxylic acids is 2. The Labute approximate surface area is 155 Å². The summed E-state index contributed by atoms with van der Waals surface area (Å²) in [5.74, 6) is 0.889. The molecule has 2 aliphatic rings. The van der Waals surface area contributed by atoms with Crippen molar-refractivity contribution in [2.24, 2.45) is 5.92 Å². The van der Waals surface area contributed by atoms with Crippen LogP contribution in [0.1, 0.15) is 32.1 Å². The molecule has 2 N–H and O–H groups in total. The molecule has 1 heterocycles. The molecular formula is C19H27N3O2S. The molecule has 1 saturated carbocycles. The van der Waals surface area contributed by atoms with Crippen molar-refractivity contribution in [2.45, 2.75) is 37.6 Å². The highest BCUT2D eigenvalue weighted by Gasteiger charge is 2.46. The summed E-state index contributed by atoms with van der Waals surface area (Å²) >= 11 is 3.97. The van der Waals surface area contributed by atoms with E-state index in [4.69, 9.17) is 0 Å². The van der Waals surface area contributed by atoms with E-state index in [9.17, 15) is 9.59 Å². The summed E-state index contributed by atoms with van der Waals surface area (Å²) in [4.78, 5) is 26.4. The number of likely N-dealkylation sites (tertiary alicyclic amines) is 1. The number of benzene rings is 1. The Morgan fingerprint density at radius 1 is 1.16 bits per heavy atom. The van der Waals surface area contributed by atoms with Gasteiger partial charge in [-0.2, -0.15) is 12.6 Å². The molecule has 0 unspecified atom stereocenters. The maximum Gasteiger partial charge on any atom is 0.248 e. The van der Waals surface area contributed by atoms with Crippen molar-refractivity contribution >= 4 is 30.1 Å². The van der Waals surface area contributed by atoms with E-state index in [-0.39, 0.29) is 17.6 Å². The van der Waals surface area contributed by atoms with Crippen LogP contribution in [-0.4, -0.2) is 47.6 Å². The Kier molecular flexibility index (Phi) is 5.89. The zero-order valence-corrected chi connectivity index (χ0v) is 15.4. The molecule has 1 aliphatic carbocycles. The second-order valence-corrected chi connectivity index (χ2v) is 7.44. The van der Waals surface area contributed by atoms with E-state index in [1.165, 1.54) is 0 Å². The third kappa shape index (κ3) is 4.29. The number of hydrogen-bond donors (Lipinski definition) is 3. The monoisotopic (exact) mass is 361 g/mol. The van der Waals surface area contributed by atoms with Crippen molar-refractivity contribution in [3.05, 3.63) is 30.3 Å². The van der Waals surface area contributed by atoms with Crippen molar-refractivity contribution in [1.82, 2.24) is 10.2 Å². The number of nitrogens with one attached hydrogen (secondary N) is 2. The van der Waals surface area contributed by atoms with Gasteiger partial charge in [0.2, 0.25) is 11.8 Å². The number of hydrogen-bond acceptors (Lipinski definition) is 4. The first-order chi connectivity index (χ1) is 12.1. The lowest BCUT2D eigenvalue weighted by Crippen LogP contribution is -2.59. The number of carbonyl (C=O) groups is 2. The molecular weight excluding hydrogens is 334 g/mol. The number of anilines is 1. The standard InChI is InChI=1S/C19H27N3O2S/c23-17(14-25)20-13-15-7-11-22(12-8-15)18(24)19(9-4-10-19)21-16-5-2-1-3-6-16/h1-3,5-6,15,21,25H,4,7-14H2,(H,20,23). The lowest BCUT2D eigenvalue weighted by atomic mass is 9.75. The van der Waals surface area contributed by atoms with Crippen LogP contribution in [0.3, 0.4) is 0 Å². The molecule has 5 nitrogen and oxygen atoms in total. The van der Waals surface area contributed by atoms with Crippen molar-refractivity contribution < 1.29 is 9.59 Å². The highest BCUT2D eigenvalue weighted by atomic mass is 32.1. The second-order valence-electron chi connectivity index (χ2n) is 7.12. The van der Waals surface area contributed by atoms with E-state index < -0.39 is 5.54 Å². The molecule has 1 aromatic rings. The number of thiol groups is 1. The summed E-state index contributed by atoms with van der Waals surface area (Å²) in [7, 11) is 0. The van der Waals surface area contributed by atoms with Gasteiger partial charge in [-0.1, -0.05) is 18.2 Å². The van der Waals surface area contributed by atoms with Crippen LogP contribution in [0.25, 0.3) is 0 Å². The van der Waals surface area contributed by atoms with Gasteiger partial charge in [-0.25, -0.2) is 0 Å². The first-order valence-corrected chi connectivity index (χ1v) is 9.76. The highest BCUT2D eigenvalue weighted by Crippen LogP contribution is 2.37. The minimum Gasteiger partial charge on any atom is -0.371 e. The van der Waals surface area contributed by atoms with Crippen molar-refractivity contribution in [2.75, 3.05) is 30.7 Å². The fraction of sp³-hybridized carbons (Fsp3) is 0.579. The Bertz CT molecular complexity index is 596. The van der Waals surface area contributed by atoms with Crippen LogP contribution in [0.5, 0.6) is 0 Å². The molecule has 0 bridgehead atoms. The number of para-hydroxylation sites is 1. The van der Waals surface area contributed by atoms with Crippen LogP contribution >= 0.6 is 12.6 Å². The van der Waals surface area contributed by atoms with Gasteiger partial charge in [-0.3, -0.25) is 9.59 Å². The van der Waals surface area contributed by atoms with Crippen molar-refractivity contribution in [3.63, 3.8) is 0 Å². The van der Waals surface area contributed by atoms with E-state index >= 15 is 0 Å². The minimum absolute atomic E-state index is 0.0256. The van der Waals surface area contributed by atoms with Gasteiger partial charge >= 0.3 is 0 Å². The predicted molar refractivity (Wildman–Crippen MR) is 103 cm³/mol. The Hall–Kier alpha value is -1.69. The molecule has 0 atom stereocenters. The Morgan fingerprint density at radius 2 is 1.84 bits per heavy atom. The molecule has 136 valence electrons. The minimum atomic E-state index is -0.422. The average Bonchev–Trinajstić information content (AvgIpc) is 2.63. The van der Waals surface area contributed by atoms with Crippen molar-refractivity contribution in [3.8, 4) is 0 Å². The number of amides is 2. The zero-order chi connectivity index (χ0) is 17.7. The van der Waals surface area contributed by atoms with Gasteiger partial charge in [-0.15, -0.1) is 0 Å². The van der Waals surface area contributed by atoms with Crippen LogP contribution < -0.4 is 10.6 Å². The van der Waals surface area contributed by atoms with E-state index in [1.54, 1.807) is 0 Å². The molecule has 1 saturated heterocycles. The first-order valence-electron chi connectivity index (χ1n) is 9.13. The van der Waals surface area contributed by atoms with Crippen LogP contribution in [0.15, 0.2) is 30.3 Å². The molecule has 3 rings (SSSR count). The maximum absolute atomic E-state index is 13.1. The summed E-state index contributed by atoms with van der Waals surface area (Å²) in [6, 6.07) is 10.00. The summed E-state index contributed by atoms with van der Waals surface area (Å²) in [6.07, 6.45) is 4.79. The topological polar surface area (TPSA) is 61.4 Å². The van der Waals surface area contributed by atoms with Crippen LogP contribution in [0.2, 0.25) is 0 Å². The third-order valence-corrected chi connectivity index (χ3v) is 5.69. The summed E-state index contributed by atoms with van der Waals surface area (Å²) < 4.78 is 0. The molecule has 0 radical (unpaired) electrons. The summed E-state index contributed by atoms with van der Waals surface area (Å²) in [5.41, 5.74) is 0.592. The smallest absolute Gasteiger partial charge is 0.248 e. The largest absolute Gasteiger partial charge is 0.371 e. The number of nitrogens with zero attached hydrogens (tertiary/aromatic N) is 1. The predicted octanol–water partition coefficient (Wildman–Crippen LogP) is 2.31. The lowest BCUT2D eigenvalue weighted by Gasteiger charge is -2.46. The molecule has 1 aromatic carbocycles. The molecule has 25 heavy (non-hydrogen) atoms. The lowest BCUT2D eigenvalue weighted by molar-refractivity contribution is -0.140. The maximum atomic E-state index is 13.1. The number of rotatable bonds is 6. The van der Waals surface area contributed by atoms with Gasteiger partial charge < -0.3 is 15.5 Å². The number of piperidine rings is 1. The van der Waals surface area contributed by atoms with Gasteiger partial charge in [0.15, 0.2) is 0 Å². The normalized spacial score (nSPS) is 19.8. The molecule has 2 amide bonds. The second kappa shape index (κ2) is 8.13. The molecule has 0 aromatic heterocycles. The molecule has 6 heteroatoms. The van der Waals surface area contributed by atoms with Gasteiger partial charge in [0.05, 0.1) is 5.75 Å². The third-order valence-electron chi connectivity index (χ3n) is 5.41. The SMILES string of the molecule is O=C(CS)NCC1CCN(C(=O)C2(Nc3ccccc3)CCC2)CC1. The molecule has 1 aliphatic heterocycles. The quantitative estimate of drug-likeness (QED) is 0.682. The van der Waals surface area contributed by atoms with E-state index in [0.29, 0.717) is 12.5 Å². The molecule has 2 fully saturated rings. The summed E-state index contributed by atoms with van der Waals surface area (Å²) in [6.45, 7) is 2.24. The highest BCUT2D eigenvalue weighted by molar-refractivity contribution is 7.81. The first kappa shape index (κ1) is 18.1.